The summed E-state index contributed by atoms with van der Waals surface area (Å²) in [4.78, 5) is 12.3. The molecule has 0 aliphatic carbocycles. The summed E-state index contributed by atoms with van der Waals surface area (Å²) < 4.78 is 11.0. The van der Waals surface area contributed by atoms with Gasteiger partial charge in [-0.05, 0) is 24.8 Å². The van der Waals surface area contributed by atoms with Gasteiger partial charge in [0.2, 0.25) is 0 Å². The lowest BCUT2D eigenvalue weighted by molar-refractivity contribution is -0.144. The quantitative estimate of drug-likeness (QED) is 0.210. The van der Waals surface area contributed by atoms with E-state index in [1.807, 2.05) is 24.3 Å². The van der Waals surface area contributed by atoms with Gasteiger partial charge in [-0.2, -0.15) is 0 Å². The maximum Gasteiger partial charge on any atom is 0.310 e. The van der Waals surface area contributed by atoms with Crippen LogP contribution >= 0.6 is 0 Å². The van der Waals surface area contributed by atoms with Crippen LogP contribution in [0.25, 0.3) is 0 Å². The van der Waals surface area contributed by atoms with Gasteiger partial charge < -0.3 is 9.47 Å². The predicted octanol–water partition coefficient (Wildman–Crippen LogP) is 7.12. The third kappa shape index (κ3) is 11.4. The smallest absolute Gasteiger partial charge is 0.310 e. The molecule has 0 fully saturated rings. The lowest BCUT2D eigenvalue weighted by Crippen LogP contribution is -2.16. The second kappa shape index (κ2) is 16.4. The van der Waals surface area contributed by atoms with E-state index in [0.717, 1.165) is 11.3 Å². The largest absolute Gasteiger partial charge is 0.496 e. The summed E-state index contributed by atoms with van der Waals surface area (Å²) in [5, 5.41) is 0. The van der Waals surface area contributed by atoms with E-state index in [1.54, 1.807) is 7.11 Å². The normalized spacial score (nSPS) is 12.0. The molecular weight excluding hydrogens is 348 g/mol. The first kappa shape index (κ1) is 24.5. The maximum atomic E-state index is 12.3. The van der Waals surface area contributed by atoms with Gasteiger partial charge in [0, 0.05) is 5.56 Å². The molecule has 1 rings (SSSR count). The molecule has 3 nitrogen and oxygen atoms in total. The van der Waals surface area contributed by atoms with Gasteiger partial charge in [-0.25, -0.2) is 0 Å². The van der Waals surface area contributed by atoms with Gasteiger partial charge in [-0.15, -0.1) is 0 Å². The van der Waals surface area contributed by atoms with Crippen molar-refractivity contribution >= 4 is 5.97 Å². The topological polar surface area (TPSA) is 35.5 Å². The number of hydrogen-bond acceptors (Lipinski definition) is 3. The molecule has 0 heterocycles. The monoisotopic (exact) mass is 390 g/mol. The fourth-order valence-electron chi connectivity index (χ4n) is 3.65. The molecule has 0 aliphatic rings. The van der Waals surface area contributed by atoms with Crippen molar-refractivity contribution in [1.82, 2.24) is 0 Å². The van der Waals surface area contributed by atoms with E-state index in [0.29, 0.717) is 12.5 Å². The van der Waals surface area contributed by atoms with Crippen molar-refractivity contribution < 1.29 is 14.3 Å². The van der Waals surface area contributed by atoms with Gasteiger partial charge in [0.05, 0.1) is 20.1 Å². The van der Waals surface area contributed by atoms with E-state index in [9.17, 15) is 4.79 Å². The summed E-state index contributed by atoms with van der Waals surface area (Å²) >= 11 is 0. The van der Waals surface area contributed by atoms with Crippen molar-refractivity contribution in [2.24, 2.45) is 5.92 Å². The first-order valence-electron chi connectivity index (χ1n) is 11.5. The summed E-state index contributed by atoms with van der Waals surface area (Å²) in [5.74, 6) is 1.11. The average molecular weight is 391 g/mol. The van der Waals surface area contributed by atoms with Crippen LogP contribution in [0.2, 0.25) is 0 Å². The molecule has 3 heteroatoms. The second-order valence-corrected chi connectivity index (χ2v) is 7.94. The first-order valence-corrected chi connectivity index (χ1v) is 11.5. The number of carbonyl (C=O) groups excluding carboxylic acids is 1. The number of rotatable bonds is 17. The highest BCUT2D eigenvalue weighted by atomic mass is 16.5. The number of benzene rings is 1. The van der Waals surface area contributed by atoms with Crippen molar-refractivity contribution in [3.8, 4) is 5.75 Å². The van der Waals surface area contributed by atoms with Crippen LogP contribution in [0.5, 0.6) is 5.75 Å². The van der Waals surface area contributed by atoms with Crippen molar-refractivity contribution in [3.63, 3.8) is 0 Å². The van der Waals surface area contributed by atoms with Crippen molar-refractivity contribution in [1.29, 1.82) is 0 Å². The van der Waals surface area contributed by atoms with Gasteiger partial charge in [0.15, 0.2) is 0 Å². The SMILES string of the molecule is CCCCCCCCC(CCCCCC)COC(=O)Cc1ccccc1OC. The van der Waals surface area contributed by atoms with E-state index in [1.165, 1.54) is 77.0 Å². The third-order valence-corrected chi connectivity index (χ3v) is 5.44. The Morgan fingerprint density at radius 3 is 2.07 bits per heavy atom. The summed E-state index contributed by atoms with van der Waals surface area (Å²) in [6.07, 6.45) is 15.6. The summed E-state index contributed by atoms with van der Waals surface area (Å²) in [6, 6.07) is 7.66. The van der Waals surface area contributed by atoms with Crippen LogP contribution in [0.4, 0.5) is 0 Å². The molecular formula is C25H42O3. The maximum absolute atomic E-state index is 12.3. The Bertz CT molecular complexity index is 512. The summed E-state index contributed by atoms with van der Waals surface area (Å²) in [5.41, 5.74) is 0.894. The van der Waals surface area contributed by atoms with Crippen LogP contribution in [-0.2, 0) is 16.0 Å². The molecule has 0 radical (unpaired) electrons. The Hall–Kier alpha value is -1.51. The molecule has 160 valence electrons. The molecule has 1 aromatic rings. The third-order valence-electron chi connectivity index (χ3n) is 5.44. The fourth-order valence-corrected chi connectivity index (χ4v) is 3.65. The molecule has 0 aliphatic heterocycles. The van der Waals surface area contributed by atoms with Crippen LogP contribution in [-0.4, -0.2) is 19.7 Å². The van der Waals surface area contributed by atoms with Crippen molar-refractivity contribution in [2.75, 3.05) is 13.7 Å². The van der Waals surface area contributed by atoms with Crippen LogP contribution < -0.4 is 4.74 Å². The Morgan fingerprint density at radius 2 is 1.43 bits per heavy atom. The van der Waals surface area contributed by atoms with Crippen LogP contribution in [0, 0.1) is 5.92 Å². The molecule has 1 atom stereocenters. The molecule has 0 amide bonds. The Morgan fingerprint density at radius 1 is 0.857 bits per heavy atom. The highest BCUT2D eigenvalue weighted by Gasteiger charge is 2.14. The zero-order valence-electron chi connectivity index (χ0n) is 18.5. The molecule has 0 bridgehead atoms. The van der Waals surface area contributed by atoms with E-state index < -0.39 is 0 Å². The van der Waals surface area contributed by atoms with E-state index in [2.05, 4.69) is 13.8 Å². The van der Waals surface area contributed by atoms with Gasteiger partial charge in [-0.1, -0.05) is 96.3 Å². The predicted molar refractivity (Wildman–Crippen MR) is 118 cm³/mol. The van der Waals surface area contributed by atoms with Gasteiger partial charge in [0.1, 0.15) is 5.75 Å². The number of unbranched alkanes of at least 4 members (excludes halogenated alkanes) is 8. The molecule has 1 aromatic carbocycles. The zero-order valence-corrected chi connectivity index (χ0v) is 18.5. The van der Waals surface area contributed by atoms with E-state index in [-0.39, 0.29) is 12.4 Å². The Balaban J connectivity index is 2.39. The molecule has 0 N–H and O–H groups in total. The highest BCUT2D eigenvalue weighted by molar-refractivity contribution is 5.73. The molecule has 0 aromatic heterocycles. The van der Waals surface area contributed by atoms with Gasteiger partial charge in [0.25, 0.3) is 0 Å². The number of carbonyl (C=O) groups is 1. The molecule has 0 saturated heterocycles. The first-order chi connectivity index (χ1) is 13.7. The standard InChI is InChI=1S/C25H42O3/c1-4-6-8-10-11-13-17-22(16-12-9-7-5-2)21-28-25(26)20-23-18-14-15-19-24(23)27-3/h14-15,18-19,22H,4-13,16-17,20-21H2,1-3H3. The van der Waals surface area contributed by atoms with Crippen LogP contribution in [0.15, 0.2) is 24.3 Å². The fraction of sp³-hybridized carbons (Fsp3) is 0.720. The zero-order chi connectivity index (χ0) is 20.5. The Kier molecular flexibility index (Phi) is 14.4. The molecule has 1 unspecified atom stereocenters. The van der Waals surface area contributed by atoms with E-state index in [4.69, 9.17) is 9.47 Å². The minimum absolute atomic E-state index is 0.147. The van der Waals surface area contributed by atoms with Crippen LogP contribution in [0.3, 0.4) is 0 Å². The van der Waals surface area contributed by atoms with Crippen molar-refractivity contribution in [3.05, 3.63) is 29.8 Å². The van der Waals surface area contributed by atoms with E-state index >= 15 is 0 Å². The number of ether oxygens (including phenoxy) is 2. The van der Waals surface area contributed by atoms with Crippen LogP contribution in [0.1, 0.15) is 96.5 Å². The number of hydrogen-bond donors (Lipinski definition) is 0. The molecule has 0 spiro atoms. The number of esters is 1. The average Bonchev–Trinajstić information content (AvgIpc) is 2.71. The minimum atomic E-state index is -0.147. The summed E-state index contributed by atoms with van der Waals surface area (Å²) in [6.45, 7) is 5.06. The highest BCUT2D eigenvalue weighted by Crippen LogP contribution is 2.21. The number of methoxy groups -OCH3 is 1. The second-order valence-electron chi connectivity index (χ2n) is 7.94. The lowest BCUT2D eigenvalue weighted by Gasteiger charge is -2.17. The number of para-hydroxylation sites is 1. The molecule has 0 saturated carbocycles. The van der Waals surface area contributed by atoms with Crippen molar-refractivity contribution in [2.45, 2.75) is 97.3 Å². The summed E-state index contributed by atoms with van der Waals surface area (Å²) in [7, 11) is 1.64. The lowest BCUT2D eigenvalue weighted by atomic mass is 9.95. The Labute approximate surface area is 173 Å². The minimum Gasteiger partial charge on any atom is -0.496 e. The van der Waals surface area contributed by atoms with Gasteiger partial charge >= 0.3 is 5.97 Å². The molecule has 28 heavy (non-hydrogen) atoms. The van der Waals surface area contributed by atoms with Gasteiger partial charge in [-0.3, -0.25) is 4.79 Å².